The fourth-order valence-corrected chi connectivity index (χ4v) is 2.50. The van der Waals surface area contributed by atoms with Gasteiger partial charge in [0.25, 0.3) is 11.5 Å². The van der Waals surface area contributed by atoms with Crippen LogP contribution < -0.4 is 10.9 Å². The summed E-state index contributed by atoms with van der Waals surface area (Å²) >= 11 is 0. The lowest BCUT2D eigenvalue weighted by Gasteiger charge is -2.08. The molecular weight excluding hydrogens is 314 g/mol. The van der Waals surface area contributed by atoms with Crippen LogP contribution in [0.1, 0.15) is 21.6 Å². The Morgan fingerprint density at radius 3 is 2.20 bits per heavy atom. The number of hydrogen-bond acceptors (Lipinski definition) is 3. The Hall–Kier alpha value is -3.21. The van der Waals surface area contributed by atoms with E-state index < -0.39 is 0 Å². The number of carbonyl (C=O) groups excluding carboxylic acids is 1. The zero-order valence-corrected chi connectivity index (χ0v) is 13.8. The summed E-state index contributed by atoms with van der Waals surface area (Å²) in [6.45, 7) is 0.854. The van der Waals surface area contributed by atoms with Crippen molar-refractivity contribution in [2.24, 2.45) is 0 Å². The maximum absolute atomic E-state index is 12.3. The highest BCUT2D eigenvalue weighted by molar-refractivity contribution is 5.91. The first-order valence-electron chi connectivity index (χ1n) is 8.16. The molecule has 0 unspecified atom stereocenters. The third kappa shape index (κ3) is 4.64. The van der Waals surface area contributed by atoms with Gasteiger partial charge in [-0.05, 0) is 23.6 Å². The largest absolute Gasteiger partial charge is 0.350 e. The first-order chi connectivity index (χ1) is 12.2. The molecule has 2 aromatic carbocycles. The molecule has 5 heteroatoms. The van der Waals surface area contributed by atoms with Crippen LogP contribution in [0.15, 0.2) is 77.6 Å². The van der Waals surface area contributed by atoms with Crippen molar-refractivity contribution in [3.8, 4) is 0 Å². The number of nitrogens with one attached hydrogen (secondary N) is 1. The van der Waals surface area contributed by atoms with E-state index in [-0.39, 0.29) is 17.2 Å². The molecule has 1 N–H and O–H groups in total. The molecule has 0 aliphatic heterocycles. The van der Waals surface area contributed by atoms with Crippen LogP contribution in [-0.4, -0.2) is 22.2 Å². The average Bonchev–Trinajstić information content (AvgIpc) is 2.65. The summed E-state index contributed by atoms with van der Waals surface area (Å²) < 4.78 is 1.31. The molecule has 1 aromatic heterocycles. The van der Waals surface area contributed by atoms with Crippen LogP contribution in [-0.2, 0) is 13.0 Å². The summed E-state index contributed by atoms with van der Waals surface area (Å²) in [5.41, 5.74) is 2.12. The summed E-state index contributed by atoms with van der Waals surface area (Å²) in [7, 11) is 0. The summed E-state index contributed by atoms with van der Waals surface area (Å²) in [6, 6.07) is 22.3. The van der Waals surface area contributed by atoms with Gasteiger partial charge < -0.3 is 5.32 Å². The molecule has 0 aliphatic rings. The number of rotatable bonds is 6. The van der Waals surface area contributed by atoms with E-state index in [1.165, 1.54) is 16.8 Å². The lowest BCUT2D eigenvalue weighted by molar-refractivity contribution is 0.0946. The van der Waals surface area contributed by atoms with Crippen molar-refractivity contribution in [2.45, 2.75) is 13.0 Å². The molecular formula is C20H19N3O2. The third-order valence-electron chi connectivity index (χ3n) is 3.82. The zero-order valence-electron chi connectivity index (χ0n) is 13.8. The molecule has 126 valence electrons. The SMILES string of the molecule is O=C(NCCc1ccccc1)c1ccc(=O)n(Cc2ccccc2)n1. The average molecular weight is 333 g/mol. The predicted octanol–water partition coefficient (Wildman–Crippen LogP) is 2.26. The van der Waals surface area contributed by atoms with Crippen molar-refractivity contribution in [3.63, 3.8) is 0 Å². The second-order valence-corrected chi connectivity index (χ2v) is 5.69. The van der Waals surface area contributed by atoms with E-state index in [9.17, 15) is 9.59 Å². The van der Waals surface area contributed by atoms with E-state index in [0.29, 0.717) is 13.1 Å². The van der Waals surface area contributed by atoms with Crippen LogP contribution in [0, 0.1) is 0 Å². The highest BCUT2D eigenvalue weighted by atomic mass is 16.2. The van der Waals surface area contributed by atoms with Gasteiger partial charge in [0.15, 0.2) is 0 Å². The highest BCUT2D eigenvalue weighted by Crippen LogP contribution is 2.01. The van der Waals surface area contributed by atoms with Gasteiger partial charge in [-0.15, -0.1) is 0 Å². The normalized spacial score (nSPS) is 10.4. The Morgan fingerprint density at radius 1 is 0.880 bits per heavy atom. The Labute approximate surface area is 145 Å². The monoisotopic (exact) mass is 333 g/mol. The summed E-state index contributed by atoms with van der Waals surface area (Å²) in [5.74, 6) is -0.280. The summed E-state index contributed by atoms with van der Waals surface area (Å²) in [4.78, 5) is 24.2. The second-order valence-electron chi connectivity index (χ2n) is 5.69. The van der Waals surface area contributed by atoms with Crippen molar-refractivity contribution >= 4 is 5.91 Å². The molecule has 3 rings (SSSR count). The van der Waals surface area contributed by atoms with Crippen LogP contribution in [0.4, 0.5) is 0 Å². The van der Waals surface area contributed by atoms with Crippen molar-refractivity contribution in [3.05, 3.63) is 100.0 Å². The number of benzene rings is 2. The number of hydrogen-bond donors (Lipinski definition) is 1. The number of nitrogens with zero attached hydrogens (tertiary/aromatic N) is 2. The molecule has 0 spiro atoms. The molecule has 0 aliphatic carbocycles. The maximum atomic E-state index is 12.3. The van der Waals surface area contributed by atoms with Gasteiger partial charge in [0.1, 0.15) is 5.69 Å². The van der Waals surface area contributed by atoms with Crippen LogP contribution in [0.2, 0.25) is 0 Å². The van der Waals surface area contributed by atoms with Crippen LogP contribution in [0.5, 0.6) is 0 Å². The molecule has 0 saturated heterocycles. The lowest BCUT2D eigenvalue weighted by atomic mass is 10.1. The number of carbonyl (C=O) groups is 1. The molecule has 1 heterocycles. The topological polar surface area (TPSA) is 64.0 Å². The van der Waals surface area contributed by atoms with E-state index in [1.807, 2.05) is 60.7 Å². The van der Waals surface area contributed by atoms with E-state index in [4.69, 9.17) is 0 Å². The van der Waals surface area contributed by atoms with Crippen LogP contribution >= 0.6 is 0 Å². The number of amides is 1. The van der Waals surface area contributed by atoms with Gasteiger partial charge in [0, 0.05) is 12.6 Å². The summed E-state index contributed by atoms with van der Waals surface area (Å²) in [6.07, 6.45) is 0.746. The van der Waals surface area contributed by atoms with Gasteiger partial charge >= 0.3 is 0 Å². The Bertz CT molecular complexity index is 890. The quantitative estimate of drug-likeness (QED) is 0.752. The van der Waals surface area contributed by atoms with E-state index in [1.54, 1.807) is 0 Å². The Balaban J connectivity index is 1.64. The fraction of sp³-hybridized carbons (Fsp3) is 0.150. The number of aromatic nitrogens is 2. The van der Waals surface area contributed by atoms with E-state index in [0.717, 1.165) is 17.5 Å². The Kier molecular flexibility index (Phi) is 5.36. The van der Waals surface area contributed by atoms with Gasteiger partial charge in [0.05, 0.1) is 6.54 Å². The molecule has 0 atom stereocenters. The van der Waals surface area contributed by atoms with Gasteiger partial charge in [-0.2, -0.15) is 5.10 Å². The Morgan fingerprint density at radius 2 is 1.52 bits per heavy atom. The van der Waals surface area contributed by atoms with Crippen molar-refractivity contribution in [1.82, 2.24) is 15.1 Å². The van der Waals surface area contributed by atoms with Gasteiger partial charge in [0.2, 0.25) is 0 Å². The fourth-order valence-electron chi connectivity index (χ4n) is 2.50. The van der Waals surface area contributed by atoms with Crippen LogP contribution in [0.3, 0.4) is 0 Å². The van der Waals surface area contributed by atoms with Crippen molar-refractivity contribution < 1.29 is 4.79 Å². The third-order valence-corrected chi connectivity index (χ3v) is 3.82. The predicted molar refractivity (Wildman–Crippen MR) is 96.5 cm³/mol. The van der Waals surface area contributed by atoms with Gasteiger partial charge in [-0.1, -0.05) is 60.7 Å². The molecule has 5 nitrogen and oxygen atoms in total. The highest BCUT2D eigenvalue weighted by Gasteiger charge is 2.09. The molecule has 0 bridgehead atoms. The molecule has 0 saturated carbocycles. The smallest absolute Gasteiger partial charge is 0.271 e. The molecule has 3 aromatic rings. The molecule has 0 radical (unpaired) electrons. The molecule has 25 heavy (non-hydrogen) atoms. The standard InChI is InChI=1S/C20H19N3O2/c24-19-12-11-18(22-23(19)15-17-9-5-2-6-10-17)20(25)21-14-13-16-7-3-1-4-8-16/h1-12H,13-15H2,(H,21,25). The van der Waals surface area contributed by atoms with Gasteiger partial charge in [-0.25, -0.2) is 4.68 Å². The maximum Gasteiger partial charge on any atom is 0.271 e. The zero-order chi connectivity index (χ0) is 17.5. The first-order valence-corrected chi connectivity index (χ1v) is 8.16. The molecule has 0 fully saturated rings. The molecule has 1 amide bonds. The van der Waals surface area contributed by atoms with E-state index >= 15 is 0 Å². The lowest BCUT2D eigenvalue weighted by Crippen LogP contribution is -2.30. The minimum absolute atomic E-state index is 0.232. The van der Waals surface area contributed by atoms with Gasteiger partial charge in [-0.3, -0.25) is 9.59 Å². The van der Waals surface area contributed by atoms with E-state index in [2.05, 4.69) is 10.4 Å². The minimum Gasteiger partial charge on any atom is -0.350 e. The first kappa shape index (κ1) is 16.6. The van der Waals surface area contributed by atoms with Crippen molar-refractivity contribution in [1.29, 1.82) is 0 Å². The van der Waals surface area contributed by atoms with Crippen molar-refractivity contribution in [2.75, 3.05) is 6.54 Å². The van der Waals surface area contributed by atoms with Crippen LogP contribution in [0.25, 0.3) is 0 Å². The second kappa shape index (κ2) is 8.06. The summed E-state index contributed by atoms with van der Waals surface area (Å²) in [5, 5.41) is 7.03. The minimum atomic E-state index is -0.280.